The first-order valence-electron chi connectivity index (χ1n) is 5.57. The molecule has 0 radical (unpaired) electrons. The summed E-state index contributed by atoms with van der Waals surface area (Å²) in [6.45, 7) is 1.12. The lowest BCUT2D eigenvalue weighted by molar-refractivity contribution is 0.585. The van der Waals surface area contributed by atoms with E-state index in [1.807, 2.05) is 0 Å². The van der Waals surface area contributed by atoms with Crippen LogP contribution in [0.1, 0.15) is 18.4 Å². The second kappa shape index (κ2) is 5.11. The molecule has 0 unspecified atom stereocenters. The molecule has 1 aliphatic rings. The summed E-state index contributed by atoms with van der Waals surface area (Å²) in [5.41, 5.74) is -0.178. The minimum absolute atomic E-state index is 0.0124. The van der Waals surface area contributed by atoms with Crippen molar-refractivity contribution in [2.45, 2.75) is 18.9 Å². The highest BCUT2D eigenvalue weighted by atomic mass is 19.1. The monoisotopic (exact) mass is 237 g/mol. The number of hydrogen-bond donors (Lipinski definition) is 2. The van der Waals surface area contributed by atoms with Crippen LogP contribution in [0, 0.1) is 23.0 Å². The molecule has 0 atom stereocenters. The Morgan fingerprint density at radius 2 is 1.88 bits per heavy atom. The van der Waals surface area contributed by atoms with Crippen LogP contribution in [-0.2, 0) is 0 Å². The van der Waals surface area contributed by atoms with E-state index in [-0.39, 0.29) is 11.3 Å². The first-order chi connectivity index (χ1) is 8.20. The Kier molecular flexibility index (Phi) is 3.55. The third kappa shape index (κ3) is 3.14. The third-order valence-corrected chi connectivity index (χ3v) is 2.61. The molecule has 2 rings (SSSR count). The molecule has 0 amide bonds. The van der Waals surface area contributed by atoms with E-state index in [4.69, 9.17) is 5.26 Å². The van der Waals surface area contributed by atoms with Crippen molar-refractivity contribution in [3.05, 3.63) is 29.3 Å². The maximum Gasteiger partial charge on any atom is 0.150 e. The predicted molar refractivity (Wildman–Crippen MR) is 60.6 cm³/mol. The average Bonchev–Trinajstić information content (AvgIpc) is 3.10. The van der Waals surface area contributed by atoms with Gasteiger partial charge in [0.1, 0.15) is 5.69 Å². The highest BCUT2D eigenvalue weighted by Crippen LogP contribution is 2.20. The lowest BCUT2D eigenvalue weighted by atomic mass is 10.2. The SMILES string of the molecule is N#Cc1cc(F)c(NCCNC2CC2)c(F)c1. The number of anilines is 1. The van der Waals surface area contributed by atoms with Gasteiger partial charge in [0.15, 0.2) is 11.6 Å². The van der Waals surface area contributed by atoms with Crippen molar-refractivity contribution in [2.24, 2.45) is 0 Å². The first-order valence-corrected chi connectivity index (χ1v) is 5.57. The minimum Gasteiger partial charge on any atom is -0.379 e. The van der Waals surface area contributed by atoms with Crippen molar-refractivity contribution in [3.63, 3.8) is 0 Å². The standard InChI is InChI=1S/C12H13F2N3/c13-10-5-8(7-15)6-11(14)12(10)17-4-3-16-9-1-2-9/h5-6,9,16-17H,1-4H2. The molecule has 2 N–H and O–H groups in total. The fourth-order valence-electron chi connectivity index (χ4n) is 1.56. The summed E-state index contributed by atoms with van der Waals surface area (Å²) in [7, 11) is 0. The molecule has 0 heterocycles. The fraction of sp³-hybridized carbons (Fsp3) is 0.417. The van der Waals surface area contributed by atoms with Crippen LogP contribution in [0.15, 0.2) is 12.1 Å². The van der Waals surface area contributed by atoms with Gasteiger partial charge in [-0.25, -0.2) is 8.78 Å². The van der Waals surface area contributed by atoms with E-state index in [9.17, 15) is 8.78 Å². The highest BCUT2D eigenvalue weighted by molar-refractivity contribution is 5.50. The van der Waals surface area contributed by atoms with Crippen molar-refractivity contribution < 1.29 is 8.78 Å². The molecule has 0 saturated heterocycles. The number of nitrogens with zero attached hydrogens (tertiary/aromatic N) is 1. The molecule has 1 aromatic carbocycles. The third-order valence-electron chi connectivity index (χ3n) is 2.61. The van der Waals surface area contributed by atoms with Gasteiger partial charge in [-0.05, 0) is 25.0 Å². The second-order valence-electron chi connectivity index (χ2n) is 4.08. The molecular weight excluding hydrogens is 224 g/mol. The fourth-order valence-corrected chi connectivity index (χ4v) is 1.56. The maximum absolute atomic E-state index is 13.4. The van der Waals surface area contributed by atoms with Crippen molar-refractivity contribution in [3.8, 4) is 6.07 Å². The molecule has 0 bridgehead atoms. The zero-order chi connectivity index (χ0) is 12.3. The lowest BCUT2D eigenvalue weighted by Crippen LogP contribution is -2.24. The van der Waals surface area contributed by atoms with Gasteiger partial charge in [-0.2, -0.15) is 5.26 Å². The van der Waals surface area contributed by atoms with Crippen LogP contribution >= 0.6 is 0 Å². The maximum atomic E-state index is 13.4. The second-order valence-corrected chi connectivity index (χ2v) is 4.08. The number of benzene rings is 1. The summed E-state index contributed by atoms with van der Waals surface area (Å²) in [4.78, 5) is 0. The lowest BCUT2D eigenvalue weighted by Gasteiger charge is -2.09. The number of rotatable bonds is 5. The Morgan fingerprint density at radius 3 is 2.41 bits per heavy atom. The molecule has 0 aliphatic heterocycles. The first kappa shape index (κ1) is 11.8. The molecule has 1 fully saturated rings. The van der Waals surface area contributed by atoms with E-state index in [2.05, 4.69) is 10.6 Å². The Balaban J connectivity index is 1.92. The Bertz CT molecular complexity index is 427. The topological polar surface area (TPSA) is 47.9 Å². The summed E-state index contributed by atoms with van der Waals surface area (Å²) in [6, 6.07) is 4.34. The Morgan fingerprint density at radius 1 is 1.24 bits per heavy atom. The number of nitriles is 1. The van der Waals surface area contributed by atoms with Crippen molar-refractivity contribution in [1.82, 2.24) is 5.32 Å². The molecule has 90 valence electrons. The minimum atomic E-state index is -0.729. The van der Waals surface area contributed by atoms with Crippen LogP contribution in [0.25, 0.3) is 0 Å². The highest BCUT2D eigenvalue weighted by Gasteiger charge is 2.19. The van der Waals surface area contributed by atoms with Gasteiger partial charge in [-0.3, -0.25) is 0 Å². The molecule has 0 aromatic heterocycles. The van der Waals surface area contributed by atoms with E-state index < -0.39 is 11.6 Å². The van der Waals surface area contributed by atoms with E-state index in [0.29, 0.717) is 19.1 Å². The van der Waals surface area contributed by atoms with Gasteiger partial charge in [0.2, 0.25) is 0 Å². The van der Waals surface area contributed by atoms with Crippen LogP contribution in [0.5, 0.6) is 0 Å². The van der Waals surface area contributed by atoms with Crippen LogP contribution in [0.4, 0.5) is 14.5 Å². The molecule has 1 aliphatic carbocycles. The van der Waals surface area contributed by atoms with Crippen LogP contribution in [0.3, 0.4) is 0 Å². The number of hydrogen-bond acceptors (Lipinski definition) is 3. The molecule has 0 spiro atoms. The van der Waals surface area contributed by atoms with Gasteiger partial charge in [-0.1, -0.05) is 0 Å². The molecule has 3 nitrogen and oxygen atoms in total. The summed E-state index contributed by atoms with van der Waals surface area (Å²) in [5, 5.41) is 14.5. The zero-order valence-electron chi connectivity index (χ0n) is 9.26. The van der Waals surface area contributed by atoms with E-state index in [0.717, 1.165) is 12.1 Å². The van der Waals surface area contributed by atoms with Crippen molar-refractivity contribution in [1.29, 1.82) is 5.26 Å². The van der Waals surface area contributed by atoms with Gasteiger partial charge < -0.3 is 10.6 Å². The van der Waals surface area contributed by atoms with Gasteiger partial charge in [0.25, 0.3) is 0 Å². The summed E-state index contributed by atoms with van der Waals surface area (Å²) < 4.78 is 26.8. The Hall–Kier alpha value is -1.67. The zero-order valence-corrected chi connectivity index (χ0v) is 9.26. The molecule has 1 saturated carbocycles. The van der Waals surface area contributed by atoms with Gasteiger partial charge in [-0.15, -0.1) is 0 Å². The van der Waals surface area contributed by atoms with E-state index >= 15 is 0 Å². The van der Waals surface area contributed by atoms with Crippen LogP contribution < -0.4 is 10.6 Å². The van der Waals surface area contributed by atoms with Gasteiger partial charge >= 0.3 is 0 Å². The van der Waals surface area contributed by atoms with Crippen molar-refractivity contribution in [2.75, 3.05) is 18.4 Å². The largest absolute Gasteiger partial charge is 0.379 e. The van der Waals surface area contributed by atoms with Crippen LogP contribution in [0.2, 0.25) is 0 Å². The molecule has 17 heavy (non-hydrogen) atoms. The van der Waals surface area contributed by atoms with Crippen LogP contribution in [-0.4, -0.2) is 19.1 Å². The van der Waals surface area contributed by atoms with E-state index in [1.165, 1.54) is 12.8 Å². The predicted octanol–water partition coefficient (Wildman–Crippen LogP) is 2.00. The summed E-state index contributed by atoms with van der Waals surface area (Å²) in [6.07, 6.45) is 2.36. The smallest absolute Gasteiger partial charge is 0.150 e. The Labute approximate surface area is 98.4 Å². The number of halogens is 2. The number of nitrogens with one attached hydrogen (secondary N) is 2. The average molecular weight is 237 g/mol. The van der Waals surface area contributed by atoms with Crippen molar-refractivity contribution >= 4 is 5.69 Å². The van der Waals surface area contributed by atoms with Gasteiger partial charge in [0.05, 0.1) is 11.6 Å². The molecular formula is C12H13F2N3. The summed E-state index contributed by atoms with van der Waals surface area (Å²) in [5.74, 6) is -1.46. The summed E-state index contributed by atoms with van der Waals surface area (Å²) >= 11 is 0. The molecule has 1 aromatic rings. The quantitative estimate of drug-likeness (QED) is 0.770. The molecule has 5 heteroatoms. The van der Waals surface area contributed by atoms with Gasteiger partial charge in [0, 0.05) is 19.1 Å². The normalized spacial score (nSPS) is 14.4. The van der Waals surface area contributed by atoms with E-state index in [1.54, 1.807) is 6.07 Å².